The molecule has 22 heavy (non-hydrogen) atoms. The van der Waals surface area contributed by atoms with Gasteiger partial charge in [-0.15, -0.1) is 0 Å². The van der Waals surface area contributed by atoms with Gasteiger partial charge in [-0.1, -0.05) is 18.2 Å². The molecule has 0 aliphatic carbocycles. The van der Waals surface area contributed by atoms with Gasteiger partial charge < -0.3 is 15.4 Å². The van der Waals surface area contributed by atoms with E-state index in [-0.39, 0.29) is 12.1 Å². The summed E-state index contributed by atoms with van der Waals surface area (Å²) < 4.78 is 5.52. The van der Waals surface area contributed by atoms with Crippen LogP contribution in [0.1, 0.15) is 19.8 Å². The summed E-state index contributed by atoms with van der Waals surface area (Å²) in [6.07, 6.45) is 4.01. The molecule has 1 fully saturated rings. The molecule has 0 unspecified atom stereocenters. The Morgan fingerprint density at radius 3 is 3.09 bits per heavy atom. The van der Waals surface area contributed by atoms with Crippen LogP contribution in [0.25, 0.3) is 10.9 Å². The van der Waals surface area contributed by atoms with E-state index in [0.717, 1.165) is 36.0 Å². The molecule has 5 heteroatoms. The van der Waals surface area contributed by atoms with Crippen molar-refractivity contribution in [1.29, 1.82) is 0 Å². The lowest BCUT2D eigenvalue weighted by molar-refractivity contribution is 0.00354. The first kappa shape index (κ1) is 14.8. The molecule has 1 aliphatic heterocycles. The molecular weight excluding hydrogens is 278 g/mol. The highest BCUT2D eigenvalue weighted by atomic mass is 16.5. The Hall–Kier alpha value is -2.14. The summed E-state index contributed by atoms with van der Waals surface area (Å²) >= 11 is 0. The fraction of sp³-hybridized carbons (Fsp3) is 0.412. The van der Waals surface area contributed by atoms with Crippen molar-refractivity contribution in [2.45, 2.75) is 25.9 Å². The third-order valence-corrected chi connectivity index (χ3v) is 4.03. The van der Waals surface area contributed by atoms with Gasteiger partial charge in [-0.05, 0) is 37.8 Å². The molecule has 1 aromatic heterocycles. The number of hydrogen-bond acceptors (Lipinski definition) is 3. The number of carbonyl (C=O) groups excluding carboxylic acids is 1. The predicted octanol–water partition coefficient (Wildman–Crippen LogP) is 3.17. The fourth-order valence-electron chi connectivity index (χ4n) is 2.89. The number of carbonyl (C=O) groups is 1. The van der Waals surface area contributed by atoms with Crippen LogP contribution in [0.3, 0.4) is 0 Å². The van der Waals surface area contributed by atoms with Crippen LogP contribution in [0.15, 0.2) is 36.5 Å². The minimum absolute atomic E-state index is 0.183. The molecule has 0 spiro atoms. The topological polar surface area (TPSA) is 63.2 Å². The first-order chi connectivity index (χ1) is 10.7. The Labute approximate surface area is 130 Å². The van der Waals surface area contributed by atoms with E-state index in [0.29, 0.717) is 12.5 Å². The lowest BCUT2D eigenvalue weighted by atomic mass is 9.96. The van der Waals surface area contributed by atoms with Gasteiger partial charge in [0, 0.05) is 24.7 Å². The van der Waals surface area contributed by atoms with E-state index >= 15 is 0 Å². The van der Waals surface area contributed by atoms with Crippen LogP contribution in [0.4, 0.5) is 10.5 Å². The summed E-state index contributed by atoms with van der Waals surface area (Å²) in [6.45, 7) is 3.54. The van der Waals surface area contributed by atoms with Gasteiger partial charge in [0.2, 0.25) is 0 Å². The number of benzene rings is 1. The van der Waals surface area contributed by atoms with Crippen molar-refractivity contribution in [2.75, 3.05) is 18.5 Å². The SMILES string of the molecule is C[C@@H]1C[C@H](CNC(=O)Nc2cccc3cccnc23)CCO1. The number of rotatable bonds is 3. The standard InChI is InChI=1S/C17H21N3O2/c1-12-10-13(7-9-22-12)11-19-17(21)20-15-6-2-4-14-5-3-8-18-16(14)15/h2-6,8,12-13H,7,9-11H2,1H3,(H2,19,20,21)/t12-,13-/m1/s1. The predicted molar refractivity (Wildman–Crippen MR) is 86.9 cm³/mol. The Bertz CT molecular complexity index is 654. The molecule has 0 saturated carbocycles. The van der Waals surface area contributed by atoms with Gasteiger partial charge in [-0.2, -0.15) is 0 Å². The second kappa shape index (κ2) is 6.75. The third-order valence-electron chi connectivity index (χ3n) is 4.03. The number of fused-ring (bicyclic) bond motifs is 1. The summed E-state index contributed by atoms with van der Waals surface area (Å²) in [5, 5.41) is 6.86. The zero-order valence-electron chi connectivity index (χ0n) is 12.7. The summed E-state index contributed by atoms with van der Waals surface area (Å²) in [5.41, 5.74) is 1.54. The number of ether oxygens (including phenoxy) is 1. The Balaban J connectivity index is 1.59. The van der Waals surface area contributed by atoms with E-state index in [2.05, 4.69) is 22.5 Å². The molecule has 1 aromatic carbocycles. The molecule has 1 aliphatic rings. The Morgan fingerprint density at radius 1 is 1.36 bits per heavy atom. The van der Waals surface area contributed by atoms with Gasteiger partial charge in [0.15, 0.2) is 0 Å². The second-order valence-corrected chi connectivity index (χ2v) is 5.79. The molecule has 2 heterocycles. The second-order valence-electron chi connectivity index (χ2n) is 5.79. The van der Waals surface area contributed by atoms with Crippen LogP contribution in [0, 0.1) is 5.92 Å². The first-order valence-corrected chi connectivity index (χ1v) is 7.72. The van der Waals surface area contributed by atoms with Crippen molar-refractivity contribution in [3.63, 3.8) is 0 Å². The van der Waals surface area contributed by atoms with Crippen LogP contribution in [0.5, 0.6) is 0 Å². The summed E-state index contributed by atoms with van der Waals surface area (Å²) in [7, 11) is 0. The number of amides is 2. The minimum atomic E-state index is -0.183. The number of urea groups is 1. The third kappa shape index (κ3) is 3.54. The highest BCUT2D eigenvalue weighted by Gasteiger charge is 2.19. The lowest BCUT2D eigenvalue weighted by Crippen LogP contribution is -2.36. The van der Waals surface area contributed by atoms with Gasteiger partial charge >= 0.3 is 6.03 Å². The van der Waals surface area contributed by atoms with E-state index in [4.69, 9.17) is 4.74 Å². The number of nitrogens with one attached hydrogen (secondary N) is 2. The van der Waals surface area contributed by atoms with E-state index in [1.54, 1.807) is 6.20 Å². The van der Waals surface area contributed by atoms with Gasteiger partial charge in [0.1, 0.15) is 0 Å². The Morgan fingerprint density at radius 2 is 2.23 bits per heavy atom. The van der Waals surface area contributed by atoms with E-state index in [9.17, 15) is 4.79 Å². The average Bonchev–Trinajstić information content (AvgIpc) is 2.53. The zero-order chi connectivity index (χ0) is 15.4. The first-order valence-electron chi connectivity index (χ1n) is 7.72. The van der Waals surface area contributed by atoms with E-state index < -0.39 is 0 Å². The van der Waals surface area contributed by atoms with Gasteiger partial charge in [-0.25, -0.2) is 4.79 Å². The number of hydrogen-bond donors (Lipinski definition) is 2. The number of aromatic nitrogens is 1. The van der Waals surface area contributed by atoms with Gasteiger partial charge in [0.05, 0.1) is 17.3 Å². The highest BCUT2D eigenvalue weighted by molar-refractivity contribution is 5.99. The quantitative estimate of drug-likeness (QED) is 0.915. The molecule has 2 amide bonds. The smallest absolute Gasteiger partial charge is 0.319 e. The molecule has 1 saturated heterocycles. The van der Waals surface area contributed by atoms with Crippen molar-refractivity contribution in [1.82, 2.24) is 10.3 Å². The van der Waals surface area contributed by atoms with Gasteiger partial charge in [0.25, 0.3) is 0 Å². The van der Waals surface area contributed by atoms with E-state index in [1.807, 2.05) is 30.3 Å². The van der Waals surface area contributed by atoms with Crippen molar-refractivity contribution in [2.24, 2.45) is 5.92 Å². The maximum Gasteiger partial charge on any atom is 0.319 e. The molecule has 0 bridgehead atoms. The van der Waals surface area contributed by atoms with Crippen LogP contribution >= 0.6 is 0 Å². The van der Waals surface area contributed by atoms with E-state index in [1.165, 1.54) is 0 Å². The summed E-state index contributed by atoms with van der Waals surface area (Å²) in [5.74, 6) is 0.486. The number of nitrogens with zero attached hydrogens (tertiary/aromatic N) is 1. The molecule has 116 valence electrons. The summed E-state index contributed by atoms with van der Waals surface area (Å²) in [4.78, 5) is 16.4. The molecule has 0 radical (unpaired) electrons. The van der Waals surface area contributed by atoms with Crippen LogP contribution in [0.2, 0.25) is 0 Å². The molecule has 2 aromatic rings. The monoisotopic (exact) mass is 299 g/mol. The number of pyridine rings is 1. The maximum absolute atomic E-state index is 12.1. The number of para-hydroxylation sites is 1. The Kier molecular flexibility index (Phi) is 4.53. The molecular formula is C17H21N3O2. The van der Waals surface area contributed by atoms with Crippen molar-refractivity contribution < 1.29 is 9.53 Å². The number of anilines is 1. The van der Waals surface area contributed by atoms with Crippen molar-refractivity contribution in [3.8, 4) is 0 Å². The minimum Gasteiger partial charge on any atom is -0.378 e. The van der Waals surface area contributed by atoms with Crippen LogP contribution < -0.4 is 10.6 Å². The molecule has 2 N–H and O–H groups in total. The van der Waals surface area contributed by atoms with Crippen molar-refractivity contribution >= 4 is 22.6 Å². The lowest BCUT2D eigenvalue weighted by Gasteiger charge is -2.27. The summed E-state index contributed by atoms with van der Waals surface area (Å²) in [6, 6.07) is 9.45. The zero-order valence-corrected chi connectivity index (χ0v) is 12.7. The average molecular weight is 299 g/mol. The van der Waals surface area contributed by atoms with Crippen LogP contribution in [-0.2, 0) is 4.74 Å². The highest BCUT2D eigenvalue weighted by Crippen LogP contribution is 2.21. The largest absolute Gasteiger partial charge is 0.378 e. The molecule has 2 atom stereocenters. The fourth-order valence-corrected chi connectivity index (χ4v) is 2.89. The van der Waals surface area contributed by atoms with Gasteiger partial charge in [-0.3, -0.25) is 4.98 Å². The van der Waals surface area contributed by atoms with Crippen LogP contribution in [-0.4, -0.2) is 30.3 Å². The maximum atomic E-state index is 12.1. The molecule has 3 rings (SSSR count). The normalized spacial score (nSPS) is 21.5. The molecule has 5 nitrogen and oxygen atoms in total. The van der Waals surface area contributed by atoms with Crippen molar-refractivity contribution in [3.05, 3.63) is 36.5 Å².